The third-order valence-electron chi connectivity index (χ3n) is 3.71. The second kappa shape index (κ2) is 6.79. The number of rotatable bonds is 4. The Bertz CT molecular complexity index is 1060. The van der Waals surface area contributed by atoms with Gasteiger partial charge in [-0.1, -0.05) is 35.4 Å². The van der Waals surface area contributed by atoms with Crippen molar-refractivity contribution in [1.82, 2.24) is 39.0 Å². The van der Waals surface area contributed by atoms with Crippen LogP contribution in [0.25, 0.3) is 22.3 Å². The van der Waals surface area contributed by atoms with E-state index in [1.807, 2.05) is 21.3 Å². The molecule has 11 heteroatoms. The van der Waals surface area contributed by atoms with E-state index in [0.717, 1.165) is 0 Å². The van der Waals surface area contributed by atoms with E-state index < -0.39 is 0 Å². The Kier molecular flexibility index (Phi) is 4.47. The molecule has 0 aliphatic rings. The predicted molar refractivity (Wildman–Crippen MR) is 99.6 cm³/mol. The number of aryl methyl sites for hydroxylation is 1. The van der Waals surface area contributed by atoms with Crippen molar-refractivity contribution in [2.24, 2.45) is 0 Å². The summed E-state index contributed by atoms with van der Waals surface area (Å²) >= 11 is 18.1. The molecule has 4 aromatic rings. The molecule has 4 aromatic heterocycles. The monoisotopic (exact) mass is 408 g/mol. The first-order chi connectivity index (χ1) is 12.5. The van der Waals surface area contributed by atoms with Crippen LogP contribution in [0, 0.1) is 6.92 Å². The van der Waals surface area contributed by atoms with Gasteiger partial charge in [0.25, 0.3) is 0 Å². The molecule has 0 N–H and O–H groups in total. The molecule has 0 aromatic carbocycles. The van der Waals surface area contributed by atoms with Gasteiger partial charge >= 0.3 is 0 Å². The topological polar surface area (TPSA) is 87.2 Å². The van der Waals surface area contributed by atoms with Crippen molar-refractivity contribution in [1.29, 1.82) is 0 Å². The number of hydrogen-bond acceptors (Lipinski definition) is 6. The Balaban J connectivity index is 1.54. The van der Waals surface area contributed by atoms with Gasteiger partial charge in [-0.25, -0.2) is 24.9 Å². The zero-order valence-corrected chi connectivity index (χ0v) is 15.7. The third kappa shape index (κ3) is 3.11. The quantitative estimate of drug-likeness (QED) is 0.291. The Morgan fingerprint density at radius 1 is 0.808 bits per heavy atom. The highest BCUT2D eigenvalue weighted by Gasteiger charge is 2.11. The van der Waals surface area contributed by atoms with Crippen LogP contribution in [0.2, 0.25) is 15.6 Å². The zero-order chi connectivity index (χ0) is 18.3. The maximum atomic E-state index is 6.21. The largest absolute Gasteiger partial charge is 0.323 e. The van der Waals surface area contributed by atoms with E-state index >= 15 is 0 Å². The van der Waals surface area contributed by atoms with Gasteiger partial charge < -0.3 is 9.13 Å². The van der Waals surface area contributed by atoms with E-state index in [1.54, 1.807) is 19.6 Å². The molecule has 0 fully saturated rings. The molecule has 0 amide bonds. The van der Waals surface area contributed by atoms with Crippen molar-refractivity contribution in [3.8, 4) is 0 Å². The molecule has 4 heterocycles. The molecule has 0 spiro atoms. The summed E-state index contributed by atoms with van der Waals surface area (Å²) in [5.41, 5.74) is 2.39. The van der Waals surface area contributed by atoms with Crippen molar-refractivity contribution in [2.75, 3.05) is 0 Å². The summed E-state index contributed by atoms with van der Waals surface area (Å²) in [5, 5.41) is 0.732. The fraction of sp³-hybridized carbons (Fsp3) is 0.200. The molecule has 4 rings (SSSR count). The van der Waals surface area contributed by atoms with Crippen LogP contribution in [0.1, 0.15) is 5.82 Å². The number of nitrogens with zero attached hydrogens (tertiary/aromatic N) is 8. The highest BCUT2D eigenvalue weighted by atomic mass is 35.5. The lowest BCUT2D eigenvalue weighted by Crippen LogP contribution is -1.98. The standard InChI is InChI=1S/C15H11Cl3N8/c1-8-21-11(16)9-13(22-8)19-6-25(9)4-2-3-5-26-7-20-14-10(26)12(17)23-15(18)24-14/h2-3,6-7H,4-5H2,1H3/b3-2-. The summed E-state index contributed by atoms with van der Waals surface area (Å²) in [5.74, 6) is 0.592. The lowest BCUT2D eigenvalue weighted by Gasteiger charge is -2.03. The Morgan fingerprint density at radius 2 is 1.35 bits per heavy atom. The van der Waals surface area contributed by atoms with E-state index in [0.29, 0.717) is 46.4 Å². The lowest BCUT2D eigenvalue weighted by molar-refractivity contribution is 0.815. The fourth-order valence-electron chi connectivity index (χ4n) is 2.60. The number of halogens is 3. The number of aromatic nitrogens is 8. The predicted octanol–water partition coefficient (Wildman–Crippen LogP) is 3.49. The molecule has 0 saturated carbocycles. The molecule has 26 heavy (non-hydrogen) atoms. The van der Waals surface area contributed by atoms with Gasteiger partial charge in [-0.05, 0) is 18.5 Å². The van der Waals surface area contributed by atoms with Crippen molar-refractivity contribution in [3.63, 3.8) is 0 Å². The van der Waals surface area contributed by atoms with E-state index in [4.69, 9.17) is 34.8 Å². The Labute approximate surface area is 162 Å². The number of hydrogen-bond donors (Lipinski definition) is 0. The van der Waals surface area contributed by atoms with Gasteiger partial charge in [0, 0.05) is 13.1 Å². The van der Waals surface area contributed by atoms with Gasteiger partial charge in [-0.3, -0.25) is 0 Å². The molecule has 0 unspecified atom stereocenters. The van der Waals surface area contributed by atoms with Crippen LogP contribution in [0.15, 0.2) is 24.8 Å². The van der Waals surface area contributed by atoms with Crippen LogP contribution in [-0.4, -0.2) is 39.0 Å². The first kappa shape index (κ1) is 17.1. The van der Waals surface area contributed by atoms with Crippen LogP contribution in [0.4, 0.5) is 0 Å². The molecule has 0 saturated heterocycles. The molecule has 0 aliphatic heterocycles. The number of fused-ring (bicyclic) bond motifs is 2. The van der Waals surface area contributed by atoms with Crippen LogP contribution in [0.3, 0.4) is 0 Å². The normalized spacial score (nSPS) is 12.0. The Hall–Kier alpha value is -2.29. The minimum atomic E-state index is 0.0737. The molecular formula is C15H11Cl3N8. The molecule has 0 aliphatic carbocycles. The van der Waals surface area contributed by atoms with Crippen LogP contribution in [0.5, 0.6) is 0 Å². The molecule has 0 radical (unpaired) electrons. The third-order valence-corrected chi connectivity index (χ3v) is 4.41. The van der Waals surface area contributed by atoms with Gasteiger partial charge in [0.2, 0.25) is 5.28 Å². The van der Waals surface area contributed by atoms with Gasteiger partial charge in [0.05, 0.1) is 12.7 Å². The second-order valence-electron chi connectivity index (χ2n) is 5.45. The number of allylic oxidation sites excluding steroid dienone is 2. The average Bonchev–Trinajstić information content (AvgIpc) is 3.15. The average molecular weight is 410 g/mol. The molecule has 0 atom stereocenters. The fourth-order valence-corrected chi connectivity index (χ4v) is 3.40. The molecule has 0 bridgehead atoms. The summed E-state index contributed by atoms with van der Waals surface area (Å²) in [6.45, 7) is 2.91. The van der Waals surface area contributed by atoms with Crippen molar-refractivity contribution in [3.05, 3.63) is 46.2 Å². The summed E-state index contributed by atoms with van der Waals surface area (Å²) in [4.78, 5) is 24.9. The highest BCUT2D eigenvalue weighted by Crippen LogP contribution is 2.22. The van der Waals surface area contributed by atoms with Gasteiger partial charge in [-0.15, -0.1) is 0 Å². The van der Waals surface area contributed by atoms with Gasteiger partial charge in [-0.2, -0.15) is 4.98 Å². The summed E-state index contributed by atoms with van der Waals surface area (Å²) in [6.07, 6.45) is 7.29. The van der Waals surface area contributed by atoms with Crippen LogP contribution >= 0.6 is 34.8 Å². The van der Waals surface area contributed by atoms with Crippen molar-refractivity contribution < 1.29 is 0 Å². The van der Waals surface area contributed by atoms with Gasteiger partial charge in [0.1, 0.15) is 16.9 Å². The first-order valence-corrected chi connectivity index (χ1v) is 8.70. The van der Waals surface area contributed by atoms with E-state index in [2.05, 4.69) is 29.9 Å². The maximum Gasteiger partial charge on any atom is 0.225 e. The van der Waals surface area contributed by atoms with Crippen LogP contribution in [-0.2, 0) is 13.1 Å². The highest BCUT2D eigenvalue weighted by molar-refractivity contribution is 6.35. The van der Waals surface area contributed by atoms with Crippen molar-refractivity contribution >= 4 is 57.1 Å². The second-order valence-corrected chi connectivity index (χ2v) is 6.51. The lowest BCUT2D eigenvalue weighted by atomic mass is 10.4. The minimum Gasteiger partial charge on any atom is -0.323 e. The van der Waals surface area contributed by atoms with Crippen molar-refractivity contribution in [2.45, 2.75) is 20.0 Å². The minimum absolute atomic E-state index is 0.0737. The summed E-state index contributed by atoms with van der Waals surface area (Å²) < 4.78 is 3.73. The molecular weight excluding hydrogens is 399 g/mol. The van der Waals surface area contributed by atoms with E-state index in [1.165, 1.54) is 0 Å². The van der Waals surface area contributed by atoms with E-state index in [-0.39, 0.29) is 10.4 Å². The summed E-state index contributed by atoms with van der Waals surface area (Å²) in [7, 11) is 0. The Morgan fingerprint density at radius 3 is 1.96 bits per heavy atom. The first-order valence-electron chi connectivity index (χ1n) is 7.57. The molecule has 132 valence electrons. The maximum absolute atomic E-state index is 6.21. The zero-order valence-electron chi connectivity index (χ0n) is 13.4. The number of imidazole rings is 2. The SMILES string of the molecule is Cc1nc(Cl)c2c(ncn2C/C=C\Cn2cnc3nc(Cl)nc(Cl)c32)n1. The summed E-state index contributed by atoms with van der Waals surface area (Å²) in [6, 6.07) is 0. The van der Waals surface area contributed by atoms with Gasteiger partial charge in [0.15, 0.2) is 21.6 Å². The van der Waals surface area contributed by atoms with Crippen LogP contribution < -0.4 is 0 Å². The van der Waals surface area contributed by atoms with E-state index in [9.17, 15) is 0 Å². The smallest absolute Gasteiger partial charge is 0.225 e. The molecule has 8 nitrogen and oxygen atoms in total.